The number of nitrogens with zero attached hydrogens (tertiary/aromatic N) is 2. The minimum Gasteiger partial charge on any atom is -0.312 e. The van der Waals surface area contributed by atoms with Crippen LogP contribution >= 0.6 is 11.8 Å². The monoisotopic (exact) mass is 427 g/mol. The molecule has 2 heterocycles. The summed E-state index contributed by atoms with van der Waals surface area (Å²) < 4.78 is 29.8. The zero-order chi connectivity index (χ0) is 21.4. The van der Waals surface area contributed by atoms with E-state index in [2.05, 4.69) is 10.3 Å². The van der Waals surface area contributed by atoms with E-state index in [0.29, 0.717) is 10.9 Å². The van der Waals surface area contributed by atoms with Gasteiger partial charge in [-0.25, -0.2) is 8.78 Å². The molecule has 0 saturated carbocycles. The maximum atomic E-state index is 14.4. The van der Waals surface area contributed by atoms with E-state index in [9.17, 15) is 18.4 Å². The van der Waals surface area contributed by atoms with E-state index in [1.807, 2.05) is 31.2 Å². The Kier molecular flexibility index (Phi) is 5.42. The molecule has 1 atom stereocenters. The third-order valence-electron chi connectivity index (χ3n) is 5.08. The Hall–Kier alpha value is -3.00. The molecule has 5 nitrogen and oxygen atoms in total. The summed E-state index contributed by atoms with van der Waals surface area (Å²) in [5.41, 5.74) is 1.80. The maximum absolute atomic E-state index is 14.4. The number of hydrogen-bond donors (Lipinski definition) is 1. The van der Waals surface area contributed by atoms with Gasteiger partial charge in [-0.3, -0.25) is 9.59 Å². The largest absolute Gasteiger partial charge is 0.312 e. The maximum Gasteiger partial charge on any atom is 0.279 e. The summed E-state index contributed by atoms with van der Waals surface area (Å²) in [4.78, 5) is 29.4. The molecule has 2 aromatic carbocycles. The number of aryl methyl sites for hydroxylation is 1. The lowest BCUT2D eigenvalue weighted by atomic mass is 9.86. The van der Waals surface area contributed by atoms with Gasteiger partial charge in [0, 0.05) is 25.1 Å². The Bertz CT molecular complexity index is 1210. The molecule has 0 bridgehead atoms. The van der Waals surface area contributed by atoms with Crippen molar-refractivity contribution >= 4 is 23.5 Å². The van der Waals surface area contributed by atoms with Gasteiger partial charge in [-0.15, -0.1) is 0 Å². The van der Waals surface area contributed by atoms with Crippen LogP contribution in [-0.2, 0) is 17.6 Å². The molecule has 0 fully saturated rings. The molecule has 0 spiro atoms. The van der Waals surface area contributed by atoms with Crippen LogP contribution in [0.2, 0.25) is 0 Å². The van der Waals surface area contributed by atoms with Gasteiger partial charge in [0.2, 0.25) is 5.91 Å². The standard InChI is InChI=1S/C22H19F2N3O2S/c1-12-4-3-5-13(8-12)11-30-22-26-21(29)19-16(10-18(28)25-20(19)27(22)2)15-9-14(23)6-7-17(15)24/h3-9,16H,10-11H2,1-2H3,(H,25,28)/t16-/m1/s1. The van der Waals surface area contributed by atoms with Crippen molar-refractivity contribution in [2.45, 2.75) is 30.2 Å². The molecule has 8 heteroatoms. The van der Waals surface area contributed by atoms with E-state index in [4.69, 9.17) is 0 Å². The summed E-state index contributed by atoms with van der Waals surface area (Å²) in [6.45, 7) is 2.00. The number of thioether (sulfide) groups is 1. The van der Waals surface area contributed by atoms with Crippen LogP contribution in [0.1, 0.15) is 34.6 Å². The molecule has 0 saturated heterocycles. The van der Waals surface area contributed by atoms with E-state index in [1.165, 1.54) is 11.8 Å². The van der Waals surface area contributed by atoms with Crippen molar-refractivity contribution in [2.24, 2.45) is 7.05 Å². The quantitative estimate of drug-likeness (QED) is 0.502. The normalized spacial score (nSPS) is 15.6. The number of nitrogens with one attached hydrogen (secondary N) is 1. The molecule has 1 aliphatic rings. The Balaban J connectivity index is 1.75. The molecule has 0 radical (unpaired) electrons. The SMILES string of the molecule is Cc1cccc(CSc2nc(=O)c3c(n2C)NC(=O)C[C@@H]3c2cc(F)ccc2F)c1. The van der Waals surface area contributed by atoms with Gasteiger partial charge < -0.3 is 9.88 Å². The Labute approximate surface area is 176 Å². The fourth-order valence-electron chi connectivity index (χ4n) is 3.66. The predicted molar refractivity (Wildman–Crippen MR) is 112 cm³/mol. The third-order valence-corrected chi connectivity index (χ3v) is 6.19. The summed E-state index contributed by atoms with van der Waals surface area (Å²) in [5.74, 6) is -1.70. The Morgan fingerprint density at radius 2 is 2.00 bits per heavy atom. The lowest BCUT2D eigenvalue weighted by Gasteiger charge is -2.27. The molecule has 1 N–H and O–H groups in total. The van der Waals surface area contributed by atoms with E-state index >= 15 is 0 Å². The number of rotatable bonds is 4. The number of benzene rings is 2. The molecular formula is C22H19F2N3O2S. The second-order valence-corrected chi connectivity index (χ2v) is 8.21. The first-order chi connectivity index (χ1) is 14.3. The van der Waals surface area contributed by atoms with E-state index in [-0.39, 0.29) is 29.3 Å². The van der Waals surface area contributed by atoms with Crippen LogP contribution < -0.4 is 10.9 Å². The number of hydrogen-bond acceptors (Lipinski definition) is 4. The van der Waals surface area contributed by atoms with Crippen LogP contribution in [0, 0.1) is 18.6 Å². The highest BCUT2D eigenvalue weighted by Crippen LogP contribution is 2.37. The van der Waals surface area contributed by atoms with Crippen LogP contribution in [0.5, 0.6) is 0 Å². The fourth-order valence-corrected chi connectivity index (χ4v) is 4.57. The van der Waals surface area contributed by atoms with Crippen molar-refractivity contribution in [3.05, 3.63) is 86.7 Å². The van der Waals surface area contributed by atoms with Crippen molar-refractivity contribution in [1.82, 2.24) is 9.55 Å². The highest BCUT2D eigenvalue weighted by molar-refractivity contribution is 7.98. The molecule has 3 aromatic rings. The topological polar surface area (TPSA) is 64.0 Å². The number of amides is 1. The number of fused-ring (bicyclic) bond motifs is 1. The second-order valence-electron chi connectivity index (χ2n) is 7.27. The minimum absolute atomic E-state index is 0.0230. The van der Waals surface area contributed by atoms with Gasteiger partial charge >= 0.3 is 0 Å². The molecule has 30 heavy (non-hydrogen) atoms. The highest BCUT2D eigenvalue weighted by Gasteiger charge is 2.33. The molecule has 154 valence electrons. The smallest absolute Gasteiger partial charge is 0.279 e. The van der Waals surface area contributed by atoms with Crippen molar-refractivity contribution in [2.75, 3.05) is 5.32 Å². The van der Waals surface area contributed by atoms with Gasteiger partial charge in [0.1, 0.15) is 17.5 Å². The van der Waals surface area contributed by atoms with Gasteiger partial charge in [0.05, 0.1) is 5.56 Å². The molecular weight excluding hydrogens is 408 g/mol. The van der Waals surface area contributed by atoms with Crippen molar-refractivity contribution in [3.8, 4) is 0 Å². The number of carbonyl (C=O) groups excluding carboxylic acids is 1. The first kappa shape index (κ1) is 20.3. The fraction of sp³-hybridized carbons (Fsp3) is 0.227. The van der Waals surface area contributed by atoms with Crippen LogP contribution in [0.15, 0.2) is 52.4 Å². The van der Waals surface area contributed by atoms with Gasteiger partial charge in [0.15, 0.2) is 5.16 Å². The molecule has 1 aliphatic heterocycles. The summed E-state index contributed by atoms with van der Waals surface area (Å²) >= 11 is 1.37. The Morgan fingerprint density at radius 3 is 2.77 bits per heavy atom. The number of aromatic nitrogens is 2. The van der Waals surface area contributed by atoms with Crippen molar-refractivity contribution in [1.29, 1.82) is 0 Å². The first-order valence-corrected chi connectivity index (χ1v) is 10.4. The van der Waals surface area contributed by atoms with Crippen LogP contribution in [0.25, 0.3) is 0 Å². The summed E-state index contributed by atoms with van der Waals surface area (Å²) in [6, 6.07) is 11.0. The second kappa shape index (κ2) is 8.02. The van der Waals surface area contributed by atoms with Gasteiger partial charge in [0.25, 0.3) is 5.56 Å². The number of halogens is 2. The lowest BCUT2D eigenvalue weighted by molar-refractivity contribution is -0.116. The number of carbonyl (C=O) groups is 1. The van der Waals surface area contributed by atoms with E-state index in [1.54, 1.807) is 11.6 Å². The number of anilines is 1. The summed E-state index contributed by atoms with van der Waals surface area (Å²) in [7, 11) is 1.69. The molecule has 0 aliphatic carbocycles. The van der Waals surface area contributed by atoms with Gasteiger partial charge in [-0.05, 0) is 36.2 Å². The summed E-state index contributed by atoms with van der Waals surface area (Å²) in [6.07, 6.45) is -0.153. The predicted octanol–water partition coefficient (Wildman–Crippen LogP) is 4.13. The highest BCUT2D eigenvalue weighted by atomic mass is 32.2. The molecule has 0 unspecified atom stereocenters. The van der Waals surface area contributed by atoms with Crippen molar-refractivity contribution < 1.29 is 13.6 Å². The van der Waals surface area contributed by atoms with Crippen LogP contribution in [-0.4, -0.2) is 15.5 Å². The first-order valence-electron chi connectivity index (χ1n) is 9.37. The average Bonchev–Trinajstić information content (AvgIpc) is 2.71. The molecule has 1 amide bonds. The lowest BCUT2D eigenvalue weighted by Crippen LogP contribution is -2.33. The van der Waals surface area contributed by atoms with Gasteiger partial charge in [-0.1, -0.05) is 41.6 Å². The van der Waals surface area contributed by atoms with Crippen LogP contribution in [0.3, 0.4) is 0 Å². The zero-order valence-electron chi connectivity index (χ0n) is 16.4. The summed E-state index contributed by atoms with van der Waals surface area (Å²) in [5, 5.41) is 3.14. The van der Waals surface area contributed by atoms with E-state index < -0.39 is 23.1 Å². The van der Waals surface area contributed by atoms with Crippen molar-refractivity contribution in [3.63, 3.8) is 0 Å². The van der Waals surface area contributed by atoms with Gasteiger partial charge in [-0.2, -0.15) is 4.98 Å². The molecule has 1 aromatic heterocycles. The minimum atomic E-state index is -0.897. The zero-order valence-corrected chi connectivity index (χ0v) is 17.2. The third kappa shape index (κ3) is 3.87. The average molecular weight is 427 g/mol. The van der Waals surface area contributed by atoms with Crippen LogP contribution in [0.4, 0.5) is 14.6 Å². The Morgan fingerprint density at radius 1 is 1.20 bits per heavy atom. The van der Waals surface area contributed by atoms with E-state index in [0.717, 1.165) is 29.3 Å². The molecule has 4 rings (SSSR count).